The number of nitrogens with zero attached hydrogens (tertiary/aromatic N) is 2. The van der Waals surface area contributed by atoms with Crippen molar-refractivity contribution in [3.63, 3.8) is 0 Å². The van der Waals surface area contributed by atoms with Crippen LogP contribution in [0.1, 0.15) is 12.0 Å². The van der Waals surface area contributed by atoms with Gasteiger partial charge in [-0.1, -0.05) is 12.1 Å². The van der Waals surface area contributed by atoms with Gasteiger partial charge >= 0.3 is 6.18 Å². The topological polar surface area (TPSA) is 43.8 Å². The fraction of sp³-hybridized carbons (Fsp3) is 0.533. The van der Waals surface area contributed by atoms with E-state index in [1.165, 1.54) is 4.90 Å². The molecule has 0 radical (unpaired) electrons. The Morgan fingerprint density at radius 2 is 1.68 bits per heavy atom. The van der Waals surface area contributed by atoms with Crippen LogP contribution in [0.25, 0.3) is 0 Å². The maximum Gasteiger partial charge on any atom is 0.401 e. The molecule has 1 amide bonds. The van der Waals surface area contributed by atoms with Crippen molar-refractivity contribution in [2.24, 2.45) is 0 Å². The first kappa shape index (κ1) is 16.6. The number of phenols is 1. The second-order valence-corrected chi connectivity index (χ2v) is 5.44. The van der Waals surface area contributed by atoms with E-state index in [4.69, 9.17) is 0 Å². The lowest BCUT2D eigenvalue weighted by atomic mass is 10.1. The molecule has 1 fully saturated rings. The number of aryl methyl sites for hydroxylation is 1. The van der Waals surface area contributed by atoms with Gasteiger partial charge in [0.25, 0.3) is 0 Å². The Morgan fingerprint density at radius 1 is 1.09 bits per heavy atom. The summed E-state index contributed by atoms with van der Waals surface area (Å²) in [6, 6.07) is 6.64. The largest absolute Gasteiger partial charge is 0.508 e. The lowest BCUT2D eigenvalue weighted by molar-refractivity contribution is -0.151. The van der Waals surface area contributed by atoms with E-state index in [-0.39, 0.29) is 24.7 Å². The summed E-state index contributed by atoms with van der Waals surface area (Å²) in [6.07, 6.45) is -3.31. The molecule has 2 rings (SSSR count). The fourth-order valence-corrected chi connectivity index (χ4v) is 2.48. The van der Waals surface area contributed by atoms with Crippen LogP contribution >= 0.6 is 0 Å². The van der Waals surface area contributed by atoms with Gasteiger partial charge in [0.15, 0.2) is 0 Å². The zero-order valence-electron chi connectivity index (χ0n) is 12.1. The van der Waals surface area contributed by atoms with Gasteiger partial charge in [0, 0.05) is 32.6 Å². The molecule has 1 saturated heterocycles. The predicted molar refractivity (Wildman–Crippen MR) is 75.5 cm³/mol. The molecule has 1 heterocycles. The monoisotopic (exact) mass is 316 g/mol. The normalized spacial score (nSPS) is 16.8. The number of aromatic hydroxyl groups is 1. The van der Waals surface area contributed by atoms with Crippen LogP contribution in [0.5, 0.6) is 5.75 Å². The van der Waals surface area contributed by atoms with Crippen molar-refractivity contribution in [3.05, 3.63) is 29.8 Å². The van der Waals surface area contributed by atoms with Crippen LogP contribution in [-0.2, 0) is 11.2 Å². The highest BCUT2D eigenvalue weighted by Gasteiger charge is 2.32. The number of hydrogen-bond acceptors (Lipinski definition) is 3. The van der Waals surface area contributed by atoms with Crippen LogP contribution in [0.4, 0.5) is 13.2 Å². The molecule has 0 spiro atoms. The minimum Gasteiger partial charge on any atom is -0.508 e. The summed E-state index contributed by atoms with van der Waals surface area (Å²) in [4.78, 5) is 15.0. The average molecular weight is 316 g/mol. The Balaban J connectivity index is 1.74. The van der Waals surface area contributed by atoms with Crippen LogP contribution in [0.3, 0.4) is 0 Å². The number of hydrogen-bond donors (Lipinski definition) is 1. The van der Waals surface area contributed by atoms with Crippen molar-refractivity contribution in [1.29, 1.82) is 0 Å². The molecule has 1 aromatic rings. The number of amides is 1. The van der Waals surface area contributed by atoms with E-state index < -0.39 is 12.7 Å². The van der Waals surface area contributed by atoms with Crippen LogP contribution in [0.2, 0.25) is 0 Å². The van der Waals surface area contributed by atoms with Crippen molar-refractivity contribution in [2.45, 2.75) is 19.0 Å². The van der Waals surface area contributed by atoms with Crippen LogP contribution < -0.4 is 0 Å². The van der Waals surface area contributed by atoms with E-state index in [2.05, 4.69) is 0 Å². The molecule has 0 aliphatic carbocycles. The number of rotatable bonds is 4. The number of piperazine rings is 1. The molecule has 0 atom stereocenters. The number of benzene rings is 1. The Hall–Kier alpha value is -1.76. The van der Waals surface area contributed by atoms with Gasteiger partial charge in [-0.2, -0.15) is 13.2 Å². The second kappa shape index (κ2) is 7.00. The summed E-state index contributed by atoms with van der Waals surface area (Å²) in [5, 5.41) is 9.18. The van der Waals surface area contributed by atoms with Crippen molar-refractivity contribution < 1.29 is 23.1 Å². The highest BCUT2D eigenvalue weighted by molar-refractivity contribution is 5.76. The zero-order valence-corrected chi connectivity index (χ0v) is 12.1. The smallest absolute Gasteiger partial charge is 0.401 e. The molecule has 22 heavy (non-hydrogen) atoms. The van der Waals surface area contributed by atoms with Gasteiger partial charge in [-0.3, -0.25) is 9.69 Å². The van der Waals surface area contributed by atoms with E-state index in [0.29, 0.717) is 25.9 Å². The first-order valence-electron chi connectivity index (χ1n) is 7.18. The first-order valence-corrected chi connectivity index (χ1v) is 7.18. The molecular weight excluding hydrogens is 297 g/mol. The molecule has 0 unspecified atom stereocenters. The molecular formula is C15H19F3N2O2. The summed E-state index contributed by atoms with van der Waals surface area (Å²) in [5.74, 6) is 0.135. The standard InChI is InChI=1S/C15H19F3N2O2/c16-15(17,18)11-19-7-9-20(10-8-19)14(22)6-3-12-1-4-13(21)5-2-12/h1-2,4-5,21H,3,6-11H2. The molecule has 0 bridgehead atoms. The number of phenolic OH excluding ortho intramolecular Hbond substituents is 1. The number of alkyl halides is 3. The third-order valence-electron chi connectivity index (χ3n) is 3.69. The maximum absolute atomic E-state index is 12.3. The Kier molecular flexibility index (Phi) is 5.28. The quantitative estimate of drug-likeness (QED) is 0.924. The molecule has 1 N–H and O–H groups in total. The van der Waals surface area contributed by atoms with E-state index in [1.807, 2.05) is 0 Å². The lowest BCUT2D eigenvalue weighted by Gasteiger charge is -2.35. The van der Waals surface area contributed by atoms with Gasteiger partial charge in [-0.25, -0.2) is 0 Å². The maximum atomic E-state index is 12.3. The summed E-state index contributed by atoms with van der Waals surface area (Å²) >= 11 is 0. The molecule has 122 valence electrons. The fourth-order valence-electron chi connectivity index (χ4n) is 2.48. The summed E-state index contributed by atoms with van der Waals surface area (Å²) in [7, 11) is 0. The Morgan fingerprint density at radius 3 is 2.23 bits per heavy atom. The van der Waals surface area contributed by atoms with E-state index in [1.54, 1.807) is 29.2 Å². The lowest BCUT2D eigenvalue weighted by Crippen LogP contribution is -2.50. The van der Waals surface area contributed by atoms with Gasteiger partial charge in [0.1, 0.15) is 5.75 Å². The highest BCUT2D eigenvalue weighted by atomic mass is 19.4. The van der Waals surface area contributed by atoms with Crippen LogP contribution in [0.15, 0.2) is 24.3 Å². The third kappa shape index (κ3) is 5.22. The average Bonchev–Trinajstić information content (AvgIpc) is 2.45. The molecule has 0 saturated carbocycles. The third-order valence-corrected chi connectivity index (χ3v) is 3.69. The van der Waals surface area contributed by atoms with Gasteiger partial charge in [0.05, 0.1) is 6.54 Å². The summed E-state index contributed by atoms with van der Waals surface area (Å²) in [6.45, 7) is 0.270. The van der Waals surface area contributed by atoms with Crippen LogP contribution in [0, 0.1) is 0 Å². The van der Waals surface area contributed by atoms with E-state index >= 15 is 0 Å². The highest BCUT2D eigenvalue weighted by Crippen LogP contribution is 2.18. The van der Waals surface area contributed by atoms with Crippen LogP contribution in [-0.4, -0.2) is 59.7 Å². The van der Waals surface area contributed by atoms with Gasteiger partial charge < -0.3 is 10.0 Å². The summed E-state index contributed by atoms with van der Waals surface area (Å²) in [5.41, 5.74) is 0.946. The molecule has 0 aromatic heterocycles. The minimum atomic E-state index is -4.19. The molecule has 1 aromatic carbocycles. The van der Waals surface area contributed by atoms with Gasteiger partial charge in [-0.15, -0.1) is 0 Å². The number of carbonyl (C=O) groups is 1. The van der Waals surface area contributed by atoms with Gasteiger partial charge in [0.2, 0.25) is 5.91 Å². The van der Waals surface area contributed by atoms with E-state index in [0.717, 1.165) is 5.56 Å². The van der Waals surface area contributed by atoms with Gasteiger partial charge in [-0.05, 0) is 24.1 Å². The van der Waals surface area contributed by atoms with Crippen molar-refractivity contribution in [2.75, 3.05) is 32.7 Å². The SMILES string of the molecule is O=C(CCc1ccc(O)cc1)N1CCN(CC(F)(F)F)CC1. The van der Waals surface area contributed by atoms with Crippen molar-refractivity contribution >= 4 is 5.91 Å². The minimum absolute atomic E-state index is 0.0419. The molecule has 4 nitrogen and oxygen atoms in total. The Bertz CT molecular complexity index is 495. The molecule has 7 heteroatoms. The van der Waals surface area contributed by atoms with Crippen molar-refractivity contribution in [1.82, 2.24) is 9.80 Å². The molecule has 1 aliphatic rings. The molecule has 1 aliphatic heterocycles. The first-order chi connectivity index (χ1) is 10.3. The number of carbonyl (C=O) groups excluding carboxylic acids is 1. The predicted octanol–water partition coefficient (Wildman–Crippen LogP) is 2.03. The van der Waals surface area contributed by atoms with Crippen molar-refractivity contribution in [3.8, 4) is 5.75 Å². The zero-order chi connectivity index (χ0) is 16.2. The summed E-state index contributed by atoms with van der Waals surface area (Å²) < 4.78 is 36.9. The van der Waals surface area contributed by atoms with E-state index in [9.17, 15) is 23.1 Å². The number of halogens is 3. The Labute approximate surface area is 127 Å². The second-order valence-electron chi connectivity index (χ2n) is 5.44.